The molecule has 8 nitrogen and oxygen atoms in total. The molecule has 9 heteroatoms. The summed E-state index contributed by atoms with van der Waals surface area (Å²) in [4.78, 5) is 33.1. The normalized spacial score (nSPS) is 13.3. The molecular formula is C26H38FN5O3. The molecule has 0 unspecified atom stereocenters. The summed E-state index contributed by atoms with van der Waals surface area (Å²) in [5.41, 5.74) is 7.24. The molecular weight excluding hydrogens is 449 g/mol. The predicted octanol–water partition coefficient (Wildman–Crippen LogP) is 5.27. The zero-order valence-electron chi connectivity index (χ0n) is 22.0. The maximum atomic E-state index is 15.0. The molecule has 0 aliphatic rings. The van der Waals surface area contributed by atoms with Gasteiger partial charge in [-0.15, -0.1) is 0 Å². The molecule has 2 atom stereocenters. The number of nitrogens with one attached hydrogen (secondary N) is 2. The number of carbonyl (C=O) groups excluding carboxylic acids is 2. The number of hydrogen-bond donors (Lipinski definition) is 3. The first-order valence-electron chi connectivity index (χ1n) is 11.8. The van der Waals surface area contributed by atoms with E-state index < -0.39 is 17.3 Å². The molecule has 2 rings (SSSR count). The third-order valence-electron chi connectivity index (χ3n) is 5.49. The van der Waals surface area contributed by atoms with Gasteiger partial charge in [-0.3, -0.25) is 14.6 Å². The molecule has 0 fully saturated rings. The molecule has 0 aliphatic carbocycles. The average molecular weight is 488 g/mol. The zero-order chi connectivity index (χ0) is 26.5. The Morgan fingerprint density at radius 2 is 1.80 bits per heavy atom. The number of halogens is 1. The molecule has 1 amide bonds. The lowest BCUT2D eigenvalue weighted by Crippen LogP contribution is -2.33. The van der Waals surface area contributed by atoms with Crippen molar-refractivity contribution in [3.8, 4) is 0 Å². The molecule has 192 valence electrons. The smallest absolute Gasteiger partial charge is 0.306 e. The van der Waals surface area contributed by atoms with Crippen molar-refractivity contribution < 1.29 is 18.7 Å². The monoisotopic (exact) mass is 487 g/mol. The fraction of sp³-hybridized carbons (Fsp3) is 0.538. The van der Waals surface area contributed by atoms with Gasteiger partial charge >= 0.3 is 5.97 Å². The standard InChI is InChI=1S/C26H38FN5O3/c1-14(2)9-21(16(4)11-22(33)35-26(6,7)8)31-25-20(27)12-19(23(28)34)24(32-25)30-18-10-15(3)17(5)29-13-18/h10,12-14,16,21H,9,11H2,1-8H3,(H2,28,34)(H2,30,31,32)/t16-,21-/m1/s1. The van der Waals surface area contributed by atoms with Gasteiger partial charge in [-0.2, -0.15) is 0 Å². The van der Waals surface area contributed by atoms with E-state index in [0.29, 0.717) is 12.1 Å². The summed E-state index contributed by atoms with van der Waals surface area (Å²) < 4.78 is 20.5. The van der Waals surface area contributed by atoms with Gasteiger partial charge in [0.1, 0.15) is 11.4 Å². The fourth-order valence-corrected chi connectivity index (χ4v) is 3.63. The first-order chi connectivity index (χ1) is 16.2. The molecule has 0 aliphatic heterocycles. The Bertz CT molecular complexity index is 1070. The van der Waals surface area contributed by atoms with Crippen LogP contribution >= 0.6 is 0 Å². The summed E-state index contributed by atoms with van der Waals surface area (Å²) in [6.45, 7) is 15.3. The first-order valence-corrected chi connectivity index (χ1v) is 11.8. The number of rotatable bonds is 10. The largest absolute Gasteiger partial charge is 0.460 e. The lowest BCUT2D eigenvalue weighted by molar-refractivity contribution is -0.156. The number of pyridine rings is 2. The molecule has 2 aromatic heterocycles. The van der Waals surface area contributed by atoms with Crippen LogP contribution in [0.4, 0.5) is 21.7 Å². The van der Waals surface area contributed by atoms with E-state index in [0.717, 1.165) is 17.3 Å². The molecule has 0 bridgehead atoms. The van der Waals surface area contributed by atoms with E-state index in [4.69, 9.17) is 10.5 Å². The predicted molar refractivity (Wildman–Crippen MR) is 136 cm³/mol. The van der Waals surface area contributed by atoms with Crippen LogP contribution in [0.5, 0.6) is 0 Å². The number of aryl methyl sites for hydroxylation is 2. The summed E-state index contributed by atoms with van der Waals surface area (Å²) >= 11 is 0. The number of amides is 1. The van der Waals surface area contributed by atoms with Gasteiger partial charge in [0.25, 0.3) is 5.91 Å². The third kappa shape index (κ3) is 8.49. The number of carbonyl (C=O) groups is 2. The van der Waals surface area contributed by atoms with Crippen LogP contribution in [0.3, 0.4) is 0 Å². The van der Waals surface area contributed by atoms with Crippen LogP contribution in [-0.4, -0.2) is 33.5 Å². The van der Waals surface area contributed by atoms with E-state index in [1.807, 2.05) is 47.6 Å². The second kappa shape index (κ2) is 11.5. The van der Waals surface area contributed by atoms with Gasteiger partial charge in [0.15, 0.2) is 11.6 Å². The van der Waals surface area contributed by atoms with Crippen molar-refractivity contribution in [2.45, 2.75) is 79.9 Å². The summed E-state index contributed by atoms with van der Waals surface area (Å²) in [6, 6.07) is 2.66. The van der Waals surface area contributed by atoms with Crippen LogP contribution in [0.2, 0.25) is 0 Å². The molecule has 0 saturated carbocycles. The Kier molecular flexibility index (Phi) is 9.18. The number of anilines is 3. The Labute approximate surface area is 207 Å². The molecule has 0 radical (unpaired) electrons. The highest BCUT2D eigenvalue weighted by Crippen LogP contribution is 2.28. The van der Waals surface area contributed by atoms with Crippen molar-refractivity contribution in [3.05, 3.63) is 41.0 Å². The van der Waals surface area contributed by atoms with E-state index >= 15 is 4.39 Å². The number of ether oxygens (including phenoxy) is 1. The minimum absolute atomic E-state index is 0.0315. The van der Waals surface area contributed by atoms with E-state index in [9.17, 15) is 9.59 Å². The first kappa shape index (κ1) is 28.0. The Morgan fingerprint density at radius 3 is 2.34 bits per heavy atom. The Balaban J connectivity index is 2.36. The number of nitrogens with two attached hydrogens (primary N) is 1. The van der Waals surface area contributed by atoms with Gasteiger partial charge in [-0.25, -0.2) is 9.37 Å². The highest BCUT2D eigenvalue weighted by atomic mass is 19.1. The van der Waals surface area contributed by atoms with Gasteiger partial charge in [-0.05, 0) is 70.6 Å². The van der Waals surface area contributed by atoms with Crippen molar-refractivity contribution >= 4 is 29.2 Å². The molecule has 2 aromatic rings. The van der Waals surface area contributed by atoms with Crippen LogP contribution in [0.25, 0.3) is 0 Å². The van der Waals surface area contributed by atoms with E-state index in [1.54, 1.807) is 6.20 Å². The quantitative estimate of drug-likeness (QED) is 0.391. The summed E-state index contributed by atoms with van der Waals surface area (Å²) in [5, 5.41) is 6.19. The number of aromatic nitrogens is 2. The molecule has 0 saturated heterocycles. The molecule has 4 N–H and O–H groups in total. The lowest BCUT2D eigenvalue weighted by atomic mass is 9.90. The van der Waals surface area contributed by atoms with E-state index in [-0.39, 0.29) is 47.5 Å². The SMILES string of the molecule is Cc1cc(Nc2nc(N[C@H](CC(C)C)[C@H](C)CC(=O)OC(C)(C)C)c(F)cc2C(N)=O)cnc1C. The Hall–Kier alpha value is -3.23. The van der Waals surface area contributed by atoms with Crippen LogP contribution in [0, 0.1) is 31.5 Å². The number of esters is 1. The summed E-state index contributed by atoms with van der Waals surface area (Å²) in [6.07, 6.45) is 2.45. The fourth-order valence-electron chi connectivity index (χ4n) is 3.63. The van der Waals surface area contributed by atoms with Gasteiger partial charge in [0, 0.05) is 11.7 Å². The maximum absolute atomic E-state index is 15.0. The van der Waals surface area contributed by atoms with Gasteiger partial charge in [0.05, 0.1) is 23.9 Å². The molecule has 0 aromatic carbocycles. The minimum Gasteiger partial charge on any atom is -0.460 e. The van der Waals surface area contributed by atoms with Crippen molar-refractivity contribution in [1.82, 2.24) is 9.97 Å². The van der Waals surface area contributed by atoms with Gasteiger partial charge < -0.3 is 21.1 Å². The molecule has 0 spiro atoms. The van der Waals surface area contributed by atoms with Crippen molar-refractivity contribution in [2.75, 3.05) is 10.6 Å². The topological polar surface area (TPSA) is 119 Å². The molecule has 2 heterocycles. The summed E-state index contributed by atoms with van der Waals surface area (Å²) in [7, 11) is 0. The maximum Gasteiger partial charge on any atom is 0.306 e. The zero-order valence-corrected chi connectivity index (χ0v) is 22.0. The van der Waals surface area contributed by atoms with Gasteiger partial charge in [0.2, 0.25) is 0 Å². The summed E-state index contributed by atoms with van der Waals surface area (Å²) in [5.74, 6) is -1.63. The number of primary amides is 1. The van der Waals surface area contributed by atoms with Crippen LogP contribution in [0.15, 0.2) is 18.3 Å². The number of nitrogens with zero attached hydrogens (tertiary/aromatic N) is 2. The van der Waals surface area contributed by atoms with E-state index in [2.05, 4.69) is 34.4 Å². The minimum atomic E-state index is -0.806. The van der Waals surface area contributed by atoms with Crippen molar-refractivity contribution in [2.24, 2.45) is 17.6 Å². The van der Waals surface area contributed by atoms with Crippen LogP contribution in [0.1, 0.15) is 76.0 Å². The Morgan fingerprint density at radius 1 is 1.14 bits per heavy atom. The average Bonchev–Trinajstić information content (AvgIpc) is 2.70. The van der Waals surface area contributed by atoms with Crippen molar-refractivity contribution in [1.29, 1.82) is 0 Å². The van der Waals surface area contributed by atoms with Gasteiger partial charge in [-0.1, -0.05) is 20.8 Å². The molecule has 35 heavy (non-hydrogen) atoms. The second-order valence-electron chi connectivity index (χ2n) is 10.5. The highest BCUT2D eigenvalue weighted by Gasteiger charge is 2.26. The van der Waals surface area contributed by atoms with Crippen LogP contribution < -0.4 is 16.4 Å². The van der Waals surface area contributed by atoms with Crippen LogP contribution in [-0.2, 0) is 9.53 Å². The second-order valence-corrected chi connectivity index (χ2v) is 10.5. The highest BCUT2D eigenvalue weighted by molar-refractivity contribution is 5.98. The number of hydrogen-bond acceptors (Lipinski definition) is 7. The lowest BCUT2D eigenvalue weighted by Gasteiger charge is -2.28. The van der Waals surface area contributed by atoms with E-state index in [1.165, 1.54) is 0 Å². The third-order valence-corrected chi connectivity index (χ3v) is 5.49. The van der Waals surface area contributed by atoms with Crippen molar-refractivity contribution in [3.63, 3.8) is 0 Å².